The molecule has 1 N–H and O–H groups in total. The van der Waals surface area contributed by atoms with E-state index in [-0.39, 0.29) is 5.56 Å². The summed E-state index contributed by atoms with van der Waals surface area (Å²) in [5.41, 5.74) is 1.19. The van der Waals surface area contributed by atoms with Crippen LogP contribution >= 0.6 is 0 Å². The maximum Gasteiger partial charge on any atom is 0.335 e. The van der Waals surface area contributed by atoms with Crippen LogP contribution < -0.4 is 4.74 Å². The van der Waals surface area contributed by atoms with Gasteiger partial charge in [0.25, 0.3) is 0 Å². The van der Waals surface area contributed by atoms with Gasteiger partial charge in [0.1, 0.15) is 5.75 Å². The molecule has 0 aliphatic rings. The molecule has 1 rings (SSSR count). The molecular formula is C13H18O3. The third kappa shape index (κ3) is 3.93. The number of aryl methyl sites for hydroxylation is 1. The van der Waals surface area contributed by atoms with Gasteiger partial charge in [0.05, 0.1) is 12.2 Å². The first kappa shape index (κ1) is 12.6. The van der Waals surface area contributed by atoms with E-state index in [2.05, 4.69) is 6.92 Å². The van der Waals surface area contributed by atoms with Crippen molar-refractivity contribution < 1.29 is 14.6 Å². The molecule has 16 heavy (non-hydrogen) atoms. The van der Waals surface area contributed by atoms with E-state index < -0.39 is 5.97 Å². The van der Waals surface area contributed by atoms with Gasteiger partial charge in [0.15, 0.2) is 0 Å². The van der Waals surface area contributed by atoms with Crippen LogP contribution in [-0.4, -0.2) is 17.7 Å². The van der Waals surface area contributed by atoms with Crippen molar-refractivity contribution in [3.8, 4) is 5.75 Å². The fourth-order valence-electron chi connectivity index (χ4n) is 1.50. The van der Waals surface area contributed by atoms with E-state index in [0.29, 0.717) is 12.4 Å². The minimum absolute atomic E-state index is 0.283. The molecule has 0 radical (unpaired) electrons. The highest BCUT2D eigenvalue weighted by molar-refractivity contribution is 5.88. The lowest BCUT2D eigenvalue weighted by Gasteiger charge is -2.07. The lowest BCUT2D eigenvalue weighted by molar-refractivity contribution is 0.0696. The Hall–Kier alpha value is -1.51. The van der Waals surface area contributed by atoms with E-state index in [9.17, 15) is 4.79 Å². The van der Waals surface area contributed by atoms with Crippen LogP contribution in [0.4, 0.5) is 0 Å². The summed E-state index contributed by atoms with van der Waals surface area (Å²) >= 11 is 0. The van der Waals surface area contributed by atoms with Gasteiger partial charge in [-0.1, -0.05) is 19.8 Å². The Kier molecular flexibility index (Phi) is 4.83. The van der Waals surface area contributed by atoms with Crippen molar-refractivity contribution in [1.82, 2.24) is 0 Å². The maximum absolute atomic E-state index is 10.8. The molecule has 0 bridgehead atoms. The number of rotatable bonds is 6. The third-order valence-corrected chi connectivity index (χ3v) is 2.31. The van der Waals surface area contributed by atoms with Crippen LogP contribution in [-0.2, 0) is 0 Å². The maximum atomic E-state index is 10.8. The number of unbranched alkanes of at least 4 members (excludes halogenated alkanes) is 2. The quantitative estimate of drug-likeness (QED) is 0.751. The number of carboxylic acids is 1. The van der Waals surface area contributed by atoms with E-state index in [4.69, 9.17) is 9.84 Å². The fourth-order valence-corrected chi connectivity index (χ4v) is 1.50. The number of hydrogen-bond acceptors (Lipinski definition) is 2. The standard InChI is InChI=1S/C13H18O3/c1-3-4-5-6-16-12-8-10(2)7-11(9-12)13(14)15/h7-9H,3-6H2,1-2H3,(H,14,15). The number of benzene rings is 1. The first-order chi connectivity index (χ1) is 7.63. The molecule has 0 amide bonds. The van der Waals surface area contributed by atoms with Crippen molar-refractivity contribution in [1.29, 1.82) is 0 Å². The van der Waals surface area contributed by atoms with Crippen molar-refractivity contribution in [2.45, 2.75) is 33.1 Å². The summed E-state index contributed by atoms with van der Waals surface area (Å²) in [6.45, 7) is 4.65. The van der Waals surface area contributed by atoms with E-state index in [0.717, 1.165) is 24.8 Å². The van der Waals surface area contributed by atoms with Crippen molar-refractivity contribution in [3.05, 3.63) is 29.3 Å². The average Bonchev–Trinajstić information content (AvgIpc) is 2.23. The van der Waals surface area contributed by atoms with E-state index in [1.54, 1.807) is 12.1 Å². The van der Waals surface area contributed by atoms with Gasteiger partial charge in [-0.2, -0.15) is 0 Å². The molecule has 0 aliphatic carbocycles. The zero-order chi connectivity index (χ0) is 12.0. The Morgan fingerprint density at radius 1 is 1.31 bits per heavy atom. The minimum Gasteiger partial charge on any atom is -0.494 e. The Bertz CT molecular complexity index is 358. The summed E-state index contributed by atoms with van der Waals surface area (Å²) in [6.07, 6.45) is 3.29. The molecule has 0 aromatic heterocycles. The molecule has 0 fully saturated rings. The van der Waals surface area contributed by atoms with Crippen LogP contribution in [0.1, 0.15) is 42.1 Å². The van der Waals surface area contributed by atoms with Crippen LogP contribution in [0.3, 0.4) is 0 Å². The molecule has 1 aromatic carbocycles. The zero-order valence-electron chi connectivity index (χ0n) is 9.82. The summed E-state index contributed by atoms with van der Waals surface area (Å²) in [6, 6.07) is 5.07. The summed E-state index contributed by atoms with van der Waals surface area (Å²) in [5, 5.41) is 8.89. The van der Waals surface area contributed by atoms with Crippen molar-refractivity contribution in [2.24, 2.45) is 0 Å². The highest BCUT2D eigenvalue weighted by Gasteiger charge is 2.05. The molecule has 0 spiro atoms. The van der Waals surface area contributed by atoms with Gasteiger partial charge in [-0.05, 0) is 37.1 Å². The predicted octanol–water partition coefficient (Wildman–Crippen LogP) is 3.26. The second-order valence-corrected chi connectivity index (χ2v) is 3.90. The topological polar surface area (TPSA) is 46.5 Å². The third-order valence-electron chi connectivity index (χ3n) is 2.31. The number of carboxylic acid groups (broad SMARTS) is 1. The van der Waals surface area contributed by atoms with Crippen LogP contribution in [0.2, 0.25) is 0 Å². The highest BCUT2D eigenvalue weighted by atomic mass is 16.5. The van der Waals surface area contributed by atoms with E-state index >= 15 is 0 Å². The SMILES string of the molecule is CCCCCOc1cc(C)cc(C(=O)O)c1. The van der Waals surface area contributed by atoms with Crippen LogP contribution in [0.5, 0.6) is 5.75 Å². The molecule has 3 nitrogen and oxygen atoms in total. The van der Waals surface area contributed by atoms with E-state index in [1.807, 2.05) is 13.0 Å². The van der Waals surface area contributed by atoms with Gasteiger partial charge < -0.3 is 9.84 Å². The van der Waals surface area contributed by atoms with Gasteiger partial charge >= 0.3 is 5.97 Å². The summed E-state index contributed by atoms with van der Waals surface area (Å²) in [5.74, 6) is -0.268. The number of ether oxygens (including phenoxy) is 1. The molecule has 0 heterocycles. The Labute approximate surface area is 96.1 Å². The molecule has 88 valence electrons. The van der Waals surface area contributed by atoms with Crippen molar-refractivity contribution in [3.63, 3.8) is 0 Å². The molecular weight excluding hydrogens is 204 g/mol. The predicted molar refractivity (Wildman–Crippen MR) is 63.2 cm³/mol. The van der Waals surface area contributed by atoms with Gasteiger partial charge in [-0.25, -0.2) is 4.79 Å². The summed E-state index contributed by atoms with van der Waals surface area (Å²) < 4.78 is 5.52. The van der Waals surface area contributed by atoms with Gasteiger partial charge in [-0.15, -0.1) is 0 Å². The van der Waals surface area contributed by atoms with Crippen LogP contribution in [0, 0.1) is 6.92 Å². The second-order valence-electron chi connectivity index (χ2n) is 3.90. The second kappa shape index (κ2) is 6.16. The smallest absolute Gasteiger partial charge is 0.335 e. The van der Waals surface area contributed by atoms with Gasteiger partial charge in [0.2, 0.25) is 0 Å². The molecule has 1 aromatic rings. The first-order valence-corrected chi connectivity index (χ1v) is 5.61. The Morgan fingerprint density at radius 3 is 2.69 bits per heavy atom. The summed E-state index contributed by atoms with van der Waals surface area (Å²) in [7, 11) is 0. The minimum atomic E-state index is -0.915. The normalized spacial score (nSPS) is 10.1. The number of hydrogen-bond donors (Lipinski definition) is 1. The average molecular weight is 222 g/mol. The lowest BCUT2D eigenvalue weighted by atomic mass is 10.1. The Morgan fingerprint density at radius 2 is 2.06 bits per heavy atom. The molecule has 3 heteroatoms. The number of aromatic carboxylic acids is 1. The summed E-state index contributed by atoms with van der Waals surface area (Å²) in [4.78, 5) is 10.8. The molecule has 0 saturated heterocycles. The van der Waals surface area contributed by atoms with Gasteiger partial charge in [0, 0.05) is 0 Å². The van der Waals surface area contributed by atoms with Crippen molar-refractivity contribution >= 4 is 5.97 Å². The molecule has 0 aliphatic heterocycles. The highest BCUT2D eigenvalue weighted by Crippen LogP contribution is 2.17. The van der Waals surface area contributed by atoms with Crippen LogP contribution in [0.25, 0.3) is 0 Å². The first-order valence-electron chi connectivity index (χ1n) is 5.61. The monoisotopic (exact) mass is 222 g/mol. The molecule has 0 unspecified atom stereocenters. The zero-order valence-corrected chi connectivity index (χ0v) is 9.82. The van der Waals surface area contributed by atoms with Crippen molar-refractivity contribution in [2.75, 3.05) is 6.61 Å². The van der Waals surface area contributed by atoms with Crippen LogP contribution in [0.15, 0.2) is 18.2 Å². The Balaban J connectivity index is 2.62. The number of carbonyl (C=O) groups is 1. The van der Waals surface area contributed by atoms with Gasteiger partial charge in [-0.3, -0.25) is 0 Å². The molecule has 0 saturated carbocycles. The lowest BCUT2D eigenvalue weighted by Crippen LogP contribution is -2.01. The fraction of sp³-hybridized carbons (Fsp3) is 0.462. The largest absolute Gasteiger partial charge is 0.494 e. The van der Waals surface area contributed by atoms with E-state index in [1.165, 1.54) is 0 Å². The molecule has 0 atom stereocenters.